The third kappa shape index (κ3) is 2.27. The average Bonchev–Trinajstić information content (AvgIpc) is 2.70. The maximum atomic E-state index is 5.88. The molecule has 2 unspecified atom stereocenters. The maximum Gasteiger partial charge on any atom is 0.0601 e. The molecule has 0 bridgehead atoms. The van der Waals surface area contributed by atoms with E-state index in [0.29, 0.717) is 6.10 Å². The number of methoxy groups -OCH3 is 1. The van der Waals surface area contributed by atoms with Crippen molar-refractivity contribution in [3.8, 4) is 0 Å². The van der Waals surface area contributed by atoms with Crippen LogP contribution in [0.15, 0.2) is 0 Å². The van der Waals surface area contributed by atoms with Crippen molar-refractivity contribution in [3.05, 3.63) is 0 Å². The first-order valence-corrected chi connectivity index (χ1v) is 6.78. The predicted molar refractivity (Wildman–Crippen MR) is 66.4 cm³/mol. The summed E-state index contributed by atoms with van der Waals surface area (Å²) in [6.07, 6.45) is 7.00. The largest absolute Gasteiger partial charge is 0.381 e. The number of nitrogens with zero attached hydrogens (tertiary/aromatic N) is 1. The van der Waals surface area contributed by atoms with E-state index >= 15 is 0 Å². The SMILES string of the molecule is CCN(C1CC(OC)C1)C1CCCC1CN. The molecule has 0 aliphatic heterocycles. The minimum atomic E-state index is 0.511. The van der Waals surface area contributed by atoms with Gasteiger partial charge in [0.1, 0.15) is 0 Å². The summed E-state index contributed by atoms with van der Waals surface area (Å²) < 4.78 is 5.38. The normalized spacial score (nSPS) is 39.0. The zero-order chi connectivity index (χ0) is 11.5. The van der Waals surface area contributed by atoms with Crippen LogP contribution in [0.25, 0.3) is 0 Å². The first-order chi connectivity index (χ1) is 7.80. The second-order valence-electron chi connectivity index (χ2n) is 5.31. The minimum absolute atomic E-state index is 0.511. The molecular formula is C13H26N2O. The molecule has 16 heavy (non-hydrogen) atoms. The molecule has 0 radical (unpaired) electrons. The first kappa shape index (κ1) is 12.3. The van der Waals surface area contributed by atoms with Crippen molar-refractivity contribution in [2.45, 2.75) is 57.2 Å². The fourth-order valence-electron chi connectivity index (χ4n) is 3.49. The van der Waals surface area contributed by atoms with E-state index in [1.807, 2.05) is 7.11 Å². The lowest BCUT2D eigenvalue weighted by molar-refractivity contribution is -0.0439. The van der Waals surface area contributed by atoms with Crippen molar-refractivity contribution in [2.75, 3.05) is 20.2 Å². The van der Waals surface area contributed by atoms with Crippen LogP contribution in [0.3, 0.4) is 0 Å². The Hall–Kier alpha value is -0.120. The highest BCUT2D eigenvalue weighted by Gasteiger charge is 2.39. The molecule has 2 fully saturated rings. The molecule has 2 aliphatic rings. The molecule has 2 rings (SSSR count). The summed E-state index contributed by atoms with van der Waals surface area (Å²) in [5, 5.41) is 0. The molecule has 0 amide bonds. The fourth-order valence-corrected chi connectivity index (χ4v) is 3.49. The van der Waals surface area contributed by atoms with E-state index in [4.69, 9.17) is 10.5 Å². The highest BCUT2D eigenvalue weighted by molar-refractivity contribution is 4.94. The summed E-state index contributed by atoms with van der Waals surface area (Å²) in [5.41, 5.74) is 5.88. The van der Waals surface area contributed by atoms with Crippen LogP contribution in [-0.2, 0) is 4.74 Å². The van der Waals surface area contributed by atoms with Crippen LogP contribution >= 0.6 is 0 Å². The summed E-state index contributed by atoms with van der Waals surface area (Å²) in [4.78, 5) is 2.69. The van der Waals surface area contributed by atoms with E-state index in [2.05, 4.69) is 11.8 Å². The topological polar surface area (TPSA) is 38.5 Å². The van der Waals surface area contributed by atoms with Crippen LogP contribution in [0.4, 0.5) is 0 Å². The maximum absolute atomic E-state index is 5.88. The molecule has 3 heteroatoms. The van der Waals surface area contributed by atoms with Gasteiger partial charge < -0.3 is 10.5 Å². The Morgan fingerprint density at radius 3 is 2.62 bits per heavy atom. The molecule has 0 spiro atoms. The lowest BCUT2D eigenvalue weighted by Gasteiger charge is -2.46. The van der Waals surface area contributed by atoms with Gasteiger partial charge in [0.2, 0.25) is 0 Å². The monoisotopic (exact) mass is 226 g/mol. The summed E-state index contributed by atoms with van der Waals surface area (Å²) >= 11 is 0. The molecule has 2 saturated carbocycles. The summed E-state index contributed by atoms with van der Waals surface area (Å²) in [6, 6.07) is 1.50. The van der Waals surface area contributed by atoms with Gasteiger partial charge in [-0.15, -0.1) is 0 Å². The highest BCUT2D eigenvalue weighted by atomic mass is 16.5. The standard InChI is InChI=1S/C13H26N2O/c1-3-15(11-7-12(8-11)16-2)13-6-4-5-10(13)9-14/h10-13H,3-9,14H2,1-2H3. The lowest BCUT2D eigenvalue weighted by atomic mass is 9.85. The van der Waals surface area contributed by atoms with Crippen molar-refractivity contribution < 1.29 is 4.74 Å². The van der Waals surface area contributed by atoms with Gasteiger partial charge in [-0.3, -0.25) is 4.90 Å². The smallest absolute Gasteiger partial charge is 0.0601 e. The van der Waals surface area contributed by atoms with Crippen molar-refractivity contribution in [2.24, 2.45) is 11.7 Å². The van der Waals surface area contributed by atoms with Gasteiger partial charge in [0.15, 0.2) is 0 Å². The number of rotatable bonds is 5. The second kappa shape index (κ2) is 5.48. The zero-order valence-electron chi connectivity index (χ0n) is 10.7. The Morgan fingerprint density at radius 2 is 2.06 bits per heavy atom. The first-order valence-electron chi connectivity index (χ1n) is 6.78. The Balaban J connectivity index is 1.90. The van der Waals surface area contributed by atoms with Crippen LogP contribution in [-0.4, -0.2) is 43.3 Å². The fraction of sp³-hybridized carbons (Fsp3) is 1.00. The van der Waals surface area contributed by atoms with Crippen LogP contribution in [0.5, 0.6) is 0 Å². The number of hydrogen-bond donors (Lipinski definition) is 1. The van der Waals surface area contributed by atoms with Crippen LogP contribution in [0, 0.1) is 5.92 Å². The quantitative estimate of drug-likeness (QED) is 0.774. The van der Waals surface area contributed by atoms with Gasteiger partial charge in [0, 0.05) is 19.2 Å². The van der Waals surface area contributed by atoms with E-state index in [-0.39, 0.29) is 0 Å². The number of nitrogens with two attached hydrogens (primary N) is 1. The van der Waals surface area contributed by atoms with E-state index in [9.17, 15) is 0 Å². The zero-order valence-corrected chi connectivity index (χ0v) is 10.7. The van der Waals surface area contributed by atoms with Gasteiger partial charge in [-0.05, 0) is 44.7 Å². The van der Waals surface area contributed by atoms with E-state index in [0.717, 1.165) is 24.5 Å². The van der Waals surface area contributed by atoms with Gasteiger partial charge in [-0.2, -0.15) is 0 Å². The van der Waals surface area contributed by atoms with Gasteiger partial charge in [-0.25, -0.2) is 0 Å². The van der Waals surface area contributed by atoms with Crippen molar-refractivity contribution in [1.82, 2.24) is 4.90 Å². The molecule has 0 heterocycles. The molecule has 0 aromatic carbocycles. The molecular weight excluding hydrogens is 200 g/mol. The highest BCUT2D eigenvalue weighted by Crippen LogP contribution is 2.36. The molecule has 0 aromatic rings. The molecule has 2 atom stereocenters. The molecule has 2 aliphatic carbocycles. The molecule has 0 saturated heterocycles. The van der Waals surface area contributed by atoms with Crippen LogP contribution in [0.1, 0.15) is 39.0 Å². The molecule has 94 valence electrons. The Bertz CT molecular complexity index is 216. The van der Waals surface area contributed by atoms with Crippen molar-refractivity contribution in [3.63, 3.8) is 0 Å². The Labute approximate surface area is 99.3 Å². The van der Waals surface area contributed by atoms with E-state index in [1.165, 1.54) is 38.6 Å². The predicted octanol–water partition coefficient (Wildman–Crippen LogP) is 1.61. The number of hydrogen-bond acceptors (Lipinski definition) is 3. The van der Waals surface area contributed by atoms with Crippen molar-refractivity contribution >= 4 is 0 Å². The molecule has 0 aromatic heterocycles. The van der Waals surface area contributed by atoms with Crippen molar-refractivity contribution in [1.29, 1.82) is 0 Å². The van der Waals surface area contributed by atoms with Crippen LogP contribution in [0.2, 0.25) is 0 Å². The lowest BCUT2D eigenvalue weighted by Crippen LogP contribution is -2.53. The second-order valence-corrected chi connectivity index (χ2v) is 5.31. The van der Waals surface area contributed by atoms with E-state index < -0.39 is 0 Å². The van der Waals surface area contributed by atoms with Gasteiger partial charge in [0.25, 0.3) is 0 Å². The van der Waals surface area contributed by atoms with Gasteiger partial charge in [0.05, 0.1) is 6.10 Å². The summed E-state index contributed by atoms with van der Waals surface area (Å²) in [7, 11) is 1.83. The van der Waals surface area contributed by atoms with Crippen LogP contribution < -0.4 is 5.73 Å². The number of ether oxygens (including phenoxy) is 1. The van der Waals surface area contributed by atoms with Gasteiger partial charge >= 0.3 is 0 Å². The molecule has 3 nitrogen and oxygen atoms in total. The van der Waals surface area contributed by atoms with E-state index in [1.54, 1.807) is 0 Å². The third-order valence-electron chi connectivity index (χ3n) is 4.59. The minimum Gasteiger partial charge on any atom is -0.381 e. The summed E-state index contributed by atoms with van der Waals surface area (Å²) in [5.74, 6) is 0.738. The third-order valence-corrected chi connectivity index (χ3v) is 4.59. The molecule has 2 N–H and O–H groups in total. The Morgan fingerprint density at radius 1 is 1.31 bits per heavy atom. The Kier molecular flexibility index (Phi) is 4.22. The average molecular weight is 226 g/mol. The summed E-state index contributed by atoms with van der Waals surface area (Å²) in [6.45, 7) is 4.32. The van der Waals surface area contributed by atoms with Gasteiger partial charge in [-0.1, -0.05) is 13.3 Å².